The molecule has 0 radical (unpaired) electrons. The van der Waals surface area contributed by atoms with Crippen molar-refractivity contribution < 1.29 is 19.2 Å². The molecule has 1 rings (SSSR count). The fourth-order valence-corrected chi connectivity index (χ4v) is 2.93. The van der Waals surface area contributed by atoms with Crippen molar-refractivity contribution >= 4 is 11.9 Å². The van der Waals surface area contributed by atoms with Gasteiger partial charge < -0.3 is 14.9 Å². The first-order valence-corrected chi connectivity index (χ1v) is 7.70. The second-order valence-corrected chi connectivity index (χ2v) is 5.95. The van der Waals surface area contributed by atoms with Gasteiger partial charge in [-0.15, -0.1) is 0 Å². The third-order valence-corrected chi connectivity index (χ3v) is 4.32. The number of carbonyl (C=O) groups excluding carboxylic acids is 1. The van der Waals surface area contributed by atoms with E-state index in [1.807, 2.05) is 34.6 Å². The molecule has 0 aliphatic rings. The Balaban J connectivity index is 2.77. The average molecular weight is 310 g/mol. The lowest BCUT2D eigenvalue weighted by molar-refractivity contribution is -0.139. The molecule has 2 N–H and O–H groups in total. The van der Waals surface area contributed by atoms with Gasteiger partial charge in [-0.05, 0) is 32.6 Å². The van der Waals surface area contributed by atoms with E-state index in [1.165, 1.54) is 0 Å². The SMILES string of the molecule is CCC(CC)(CC(=O)O)NC(=O)CC(C)c1c(C)noc1C. The smallest absolute Gasteiger partial charge is 0.305 e. The number of aryl methyl sites for hydroxylation is 2. The van der Waals surface area contributed by atoms with Gasteiger partial charge in [0.15, 0.2) is 0 Å². The zero-order valence-electron chi connectivity index (χ0n) is 14.0. The third-order valence-electron chi connectivity index (χ3n) is 4.32. The molecule has 1 heterocycles. The van der Waals surface area contributed by atoms with Gasteiger partial charge in [0.05, 0.1) is 12.1 Å². The fourth-order valence-electron chi connectivity index (χ4n) is 2.93. The van der Waals surface area contributed by atoms with Crippen molar-refractivity contribution in [2.45, 2.75) is 71.8 Å². The quantitative estimate of drug-likeness (QED) is 0.770. The van der Waals surface area contributed by atoms with Crippen LogP contribution in [0.15, 0.2) is 4.52 Å². The molecule has 1 amide bonds. The molecule has 6 nitrogen and oxygen atoms in total. The molecule has 0 fully saturated rings. The molecule has 1 atom stereocenters. The molecule has 22 heavy (non-hydrogen) atoms. The number of amides is 1. The molecular weight excluding hydrogens is 284 g/mol. The van der Waals surface area contributed by atoms with Crippen molar-refractivity contribution in [3.8, 4) is 0 Å². The first-order chi connectivity index (χ1) is 10.2. The van der Waals surface area contributed by atoms with Gasteiger partial charge in [0.25, 0.3) is 0 Å². The standard InChI is InChI=1S/C16H26N2O4/c1-6-16(7-2,9-14(20)21)17-13(19)8-10(3)15-11(4)18-22-12(15)5/h10H,6-9H2,1-5H3,(H,17,19)(H,20,21). The van der Waals surface area contributed by atoms with Crippen LogP contribution in [0.1, 0.15) is 69.4 Å². The van der Waals surface area contributed by atoms with E-state index in [1.54, 1.807) is 0 Å². The van der Waals surface area contributed by atoms with Crippen molar-refractivity contribution in [3.05, 3.63) is 17.0 Å². The number of carboxylic acid groups (broad SMARTS) is 1. The van der Waals surface area contributed by atoms with Crippen LogP contribution in [0.25, 0.3) is 0 Å². The molecule has 1 aromatic heterocycles. The number of nitrogens with one attached hydrogen (secondary N) is 1. The molecule has 1 aromatic rings. The summed E-state index contributed by atoms with van der Waals surface area (Å²) >= 11 is 0. The summed E-state index contributed by atoms with van der Waals surface area (Å²) in [6.07, 6.45) is 1.39. The van der Waals surface area contributed by atoms with Crippen LogP contribution in [0.4, 0.5) is 0 Å². The monoisotopic (exact) mass is 310 g/mol. The van der Waals surface area contributed by atoms with Crippen LogP contribution in [-0.4, -0.2) is 27.7 Å². The maximum atomic E-state index is 12.3. The van der Waals surface area contributed by atoms with E-state index in [0.29, 0.717) is 12.8 Å². The van der Waals surface area contributed by atoms with Gasteiger partial charge in [0, 0.05) is 17.5 Å². The summed E-state index contributed by atoms with van der Waals surface area (Å²) in [6, 6.07) is 0. The second kappa shape index (κ2) is 7.42. The van der Waals surface area contributed by atoms with E-state index in [9.17, 15) is 9.59 Å². The molecule has 0 aliphatic heterocycles. The minimum Gasteiger partial charge on any atom is -0.481 e. The molecule has 0 aromatic carbocycles. The summed E-state index contributed by atoms with van der Waals surface area (Å²) in [5, 5.41) is 15.9. The maximum Gasteiger partial charge on any atom is 0.305 e. The van der Waals surface area contributed by atoms with E-state index in [-0.39, 0.29) is 24.7 Å². The predicted molar refractivity (Wildman–Crippen MR) is 82.7 cm³/mol. The Kier molecular flexibility index (Phi) is 6.14. The number of hydrogen-bond donors (Lipinski definition) is 2. The molecule has 124 valence electrons. The summed E-state index contributed by atoms with van der Waals surface area (Å²) in [5.74, 6) is -0.344. The molecule has 6 heteroatoms. The van der Waals surface area contributed by atoms with Crippen LogP contribution in [0.3, 0.4) is 0 Å². The highest BCUT2D eigenvalue weighted by Crippen LogP contribution is 2.27. The molecule has 0 saturated heterocycles. The molecule has 0 saturated carbocycles. The van der Waals surface area contributed by atoms with Crippen molar-refractivity contribution in [2.75, 3.05) is 0 Å². The average Bonchev–Trinajstić information content (AvgIpc) is 2.76. The van der Waals surface area contributed by atoms with Gasteiger partial charge in [0.1, 0.15) is 5.76 Å². The Bertz CT molecular complexity index is 513. The number of aromatic nitrogens is 1. The van der Waals surface area contributed by atoms with Gasteiger partial charge in [-0.3, -0.25) is 9.59 Å². The number of hydrogen-bond acceptors (Lipinski definition) is 4. The third kappa shape index (κ3) is 4.32. The van der Waals surface area contributed by atoms with Crippen molar-refractivity contribution in [3.63, 3.8) is 0 Å². The Hall–Kier alpha value is -1.85. The molecule has 1 unspecified atom stereocenters. The van der Waals surface area contributed by atoms with E-state index < -0.39 is 11.5 Å². The number of rotatable bonds is 8. The maximum absolute atomic E-state index is 12.3. The topological polar surface area (TPSA) is 92.4 Å². The van der Waals surface area contributed by atoms with E-state index in [2.05, 4.69) is 10.5 Å². The van der Waals surface area contributed by atoms with Crippen molar-refractivity contribution in [2.24, 2.45) is 0 Å². The minimum atomic E-state index is -0.900. The summed E-state index contributed by atoms with van der Waals surface area (Å²) in [5.41, 5.74) is 1.06. The lowest BCUT2D eigenvalue weighted by Crippen LogP contribution is -2.49. The summed E-state index contributed by atoms with van der Waals surface area (Å²) in [4.78, 5) is 23.4. The van der Waals surface area contributed by atoms with Gasteiger partial charge in [0.2, 0.25) is 5.91 Å². The molecular formula is C16H26N2O4. The molecule has 0 spiro atoms. The lowest BCUT2D eigenvalue weighted by atomic mass is 9.88. The van der Waals surface area contributed by atoms with Gasteiger partial charge >= 0.3 is 5.97 Å². The fraction of sp³-hybridized carbons (Fsp3) is 0.688. The van der Waals surface area contributed by atoms with Crippen molar-refractivity contribution in [1.82, 2.24) is 10.5 Å². The highest BCUT2D eigenvalue weighted by molar-refractivity contribution is 5.79. The summed E-state index contributed by atoms with van der Waals surface area (Å²) in [7, 11) is 0. The van der Waals surface area contributed by atoms with E-state index >= 15 is 0 Å². The predicted octanol–water partition coefficient (Wildman–Crippen LogP) is 2.93. The highest BCUT2D eigenvalue weighted by Gasteiger charge is 2.31. The zero-order valence-corrected chi connectivity index (χ0v) is 14.0. The highest BCUT2D eigenvalue weighted by atomic mass is 16.5. The van der Waals surface area contributed by atoms with Gasteiger partial charge in [-0.25, -0.2) is 0 Å². The summed E-state index contributed by atoms with van der Waals surface area (Å²) < 4.78 is 5.13. The Morgan fingerprint density at radius 1 is 1.32 bits per heavy atom. The number of nitrogens with zero attached hydrogens (tertiary/aromatic N) is 1. The summed E-state index contributed by atoms with van der Waals surface area (Å²) in [6.45, 7) is 9.42. The van der Waals surface area contributed by atoms with Gasteiger partial charge in [-0.2, -0.15) is 0 Å². The number of carbonyl (C=O) groups is 2. The van der Waals surface area contributed by atoms with Crippen LogP contribution in [0, 0.1) is 13.8 Å². The first kappa shape index (κ1) is 18.2. The van der Waals surface area contributed by atoms with Gasteiger partial charge in [-0.1, -0.05) is 25.9 Å². The van der Waals surface area contributed by atoms with Crippen molar-refractivity contribution in [1.29, 1.82) is 0 Å². The first-order valence-electron chi connectivity index (χ1n) is 7.70. The Morgan fingerprint density at radius 3 is 2.32 bits per heavy atom. The van der Waals surface area contributed by atoms with Crippen LogP contribution in [-0.2, 0) is 9.59 Å². The van der Waals surface area contributed by atoms with Crippen LogP contribution in [0.5, 0.6) is 0 Å². The van der Waals surface area contributed by atoms with Crippen LogP contribution in [0.2, 0.25) is 0 Å². The Labute approximate surface area is 131 Å². The lowest BCUT2D eigenvalue weighted by Gasteiger charge is -2.32. The van der Waals surface area contributed by atoms with Crippen LogP contribution >= 0.6 is 0 Å². The van der Waals surface area contributed by atoms with E-state index in [4.69, 9.17) is 9.63 Å². The number of aliphatic carboxylic acids is 1. The van der Waals surface area contributed by atoms with E-state index in [0.717, 1.165) is 17.0 Å². The second-order valence-electron chi connectivity index (χ2n) is 5.95. The minimum absolute atomic E-state index is 0.0255. The largest absolute Gasteiger partial charge is 0.481 e. The van der Waals surface area contributed by atoms with Crippen LogP contribution < -0.4 is 5.32 Å². The normalized spacial score (nSPS) is 13.0. The molecule has 0 aliphatic carbocycles. The number of carboxylic acids is 1. The molecule has 0 bridgehead atoms. The zero-order chi connectivity index (χ0) is 16.9. The Morgan fingerprint density at radius 2 is 1.91 bits per heavy atom.